The van der Waals surface area contributed by atoms with Gasteiger partial charge in [-0.15, -0.1) is 11.3 Å². The molecule has 0 amide bonds. The van der Waals surface area contributed by atoms with Crippen molar-refractivity contribution in [3.63, 3.8) is 0 Å². The predicted molar refractivity (Wildman–Crippen MR) is 241 cm³/mol. The Morgan fingerprint density at radius 2 is 0.768 bits per heavy atom. The fourth-order valence-corrected chi connectivity index (χ4v) is 9.23. The first-order valence-corrected chi connectivity index (χ1v) is 19.9. The first kappa shape index (κ1) is 33.6. The van der Waals surface area contributed by atoms with Gasteiger partial charge in [0.15, 0.2) is 0 Å². The molecule has 1 nitrogen and oxygen atoms in total. The third-order valence-corrected chi connectivity index (χ3v) is 11.8. The number of nitrogens with zero attached hydrogens (tertiary/aromatic N) is 1. The quantitative estimate of drug-likeness (QED) is 0.150. The molecule has 0 spiro atoms. The van der Waals surface area contributed by atoms with E-state index in [0.717, 1.165) is 17.1 Å². The normalized spacial score (nSPS) is 11.2. The first-order chi connectivity index (χ1) is 27.8. The summed E-state index contributed by atoms with van der Waals surface area (Å²) in [5.74, 6) is 0. The average Bonchev–Trinajstić information content (AvgIpc) is 3.67. The van der Waals surface area contributed by atoms with Gasteiger partial charge in [-0.2, -0.15) is 0 Å². The molecule has 0 saturated carbocycles. The molecule has 0 fully saturated rings. The Balaban J connectivity index is 1.16. The molecular formula is C54H37NS. The van der Waals surface area contributed by atoms with E-state index in [4.69, 9.17) is 0 Å². The van der Waals surface area contributed by atoms with Gasteiger partial charge < -0.3 is 4.90 Å². The molecular weight excluding hydrogens is 695 g/mol. The third-order valence-electron chi connectivity index (χ3n) is 10.7. The summed E-state index contributed by atoms with van der Waals surface area (Å²) in [6.45, 7) is 0. The lowest BCUT2D eigenvalue weighted by molar-refractivity contribution is 1.30. The number of rotatable bonds is 8. The van der Waals surface area contributed by atoms with Crippen LogP contribution >= 0.6 is 11.3 Å². The molecule has 1 heterocycles. The van der Waals surface area contributed by atoms with Crippen molar-refractivity contribution in [1.82, 2.24) is 0 Å². The Hall–Kier alpha value is -7.00. The van der Waals surface area contributed by atoms with E-state index in [2.05, 4.69) is 229 Å². The van der Waals surface area contributed by atoms with E-state index >= 15 is 0 Å². The predicted octanol–water partition coefficient (Wildman–Crippen LogP) is 15.9. The van der Waals surface area contributed by atoms with Crippen molar-refractivity contribution < 1.29 is 0 Å². The van der Waals surface area contributed by atoms with Gasteiger partial charge in [0.1, 0.15) is 0 Å². The second-order valence-corrected chi connectivity index (χ2v) is 15.1. The average molecular weight is 732 g/mol. The van der Waals surface area contributed by atoms with Gasteiger partial charge in [0.2, 0.25) is 0 Å². The number of para-hydroxylation sites is 1. The van der Waals surface area contributed by atoms with Gasteiger partial charge in [0.05, 0.1) is 11.4 Å². The van der Waals surface area contributed by atoms with Crippen LogP contribution in [0.1, 0.15) is 0 Å². The Bertz CT molecular complexity index is 2960. The van der Waals surface area contributed by atoms with E-state index in [1.807, 2.05) is 11.3 Å². The zero-order valence-corrected chi connectivity index (χ0v) is 31.5. The smallest absolute Gasteiger partial charge is 0.0555 e. The van der Waals surface area contributed by atoms with Crippen LogP contribution in [-0.4, -0.2) is 0 Å². The molecule has 10 rings (SSSR count). The van der Waals surface area contributed by atoms with Crippen molar-refractivity contribution in [3.8, 4) is 55.6 Å². The molecule has 1 aromatic heterocycles. The van der Waals surface area contributed by atoms with E-state index in [-0.39, 0.29) is 0 Å². The van der Waals surface area contributed by atoms with Gasteiger partial charge in [-0.05, 0) is 92.5 Å². The number of fused-ring (bicyclic) bond motifs is 3. The molecule has 2 heteroatoms. The number of benzene rings is 9. The molecule has 0 radical (unpaired) electrons. The van der Waals surface area contributed by atoms with Crippen molar-refractivity contribution in [2.45, 2.75) is 0 Å². The first-order valence-electron chi connectivity index (χ1n) is 19.1. The minimum absolute atomic E-state index is 1.10. The zero-order chi connectivity index (χ0) is 37.3. The van der Waals surface area contributed by atoms with Crippen LogP contribution in [0.15, 0.2) is 224 Å². The highest BCUT2D eigenvalue weighted by atomic mass is 32.1. The van der Waals surface area contributed by atoms with Crippen LogP contribution in [0.2, 0.25) is 0 Å². The molecule has 56 heavy (non-hydrogen) atoms. The molecule has 264 valence electrons. The molecule has 0 unspecified atom stereocenters. The van der Waals surface area contributed by atoms with Crippen LogP contribution < -0.4 is 4.90 Å². The summed E-state index contributed by atoms with van der Waals surface area (Å²) in [6, 6.07) is 81.3. The Kier molecular flexibility index (Phi) is 8.79. The van der Waals surface area contributed by atoms with Crippen molar-refractivity contribution in [2.24, 2.45) is 0 Å². The molecule has 0 N–H and O–H groups in total. The van der Waals surface area contributed by atoms with E-state index in [1.54, 1.807) is 0 Å². The Labute approximate surface area is 332 Å². The summed E-state index contributed by atoms with van der Waals surface area (Å²) in [5, 5.41) is 2.54. The standard InChI is InChI=1S/C54H37NS/c1-3-17-38(18-4-1)41-21-15-22-42(37-41)46-25-9-10-26-47(46)48-27-11-13-29-50(48)55(51-30-16-32-53-54(51)49-28-12-14-31-52(49)56-53)43-35-33-40(34-36-43)45-24-8-7-23-44(45)39-19-5-2-6-20-39/h1-37H. The Morgan fingerprint density at radius 3 is 1.50 bits per heavy atom. The molecule has 0 aliphatic rings. The van der Waals surface area contributed by atoms with Crippen LogP contribution in [0.25, 0.3) is 75.8 Å². The van der Waals surface area contributed by atoms with E-state index < -0.39 is 0 Å². The SMILES string of the molecule is c1ccc(-c2cccc(-c3ccccc3-c3ccccc3N(c3ccc(-c4ccccc4-c4ccccc4)cc3)c3cccc4sc5ccccc5c34)c2)cc1. The van der Waals surface area contributed by atoms with Gasteiger partial charge in [-0.3, -0.25) is 0 Å². The zero-order valence-electron chi connectivity index (χ0n) is 30.7. The third kappa shape index (κ3) is 6.17. The van der Waals surface area contributed by atoms with Crippen LogP contribution in [0.4, 0.5) is 17.1 Å². The summed E-state index contributed by atoms with van der Waals surface area (Å²) in [7, 11) is 0. The molecule has 10 aromatic rings. The monoisotopic (exact) mass is 731 g/mol. The van der Waals surface area contributed by atoms with Crippen LogP contribution in [-0.2, 0) is 0 Å². The molecule has 0 bridgehead atoms. The van der Waals surface area contributed by atoms with Gasteiger partial charge in [0.25, 0.3) is 0 Å². The summed E-state index contributed by atoms with van der Waals surface area (Å²) < 4.78 is 2.57. The molecule has 9 aromatic carbocycles. The minimum atomic E-state index is 1.10. The number of hydrogen-bond donors (Lipinski definition) is 0. The maximum Gasteiger partial charge on any atom is 0.0555 e. The largest absolute Gasteiger partial charge is 0.309 e. The van der Waals surface area contributed by atoms with E-state index in [1.165, 1.54) is 75.8 Å². The van der Waals surface area contributed by atoms with Crippen molar-refractivity contribution in [1.29, 1.82) is 0 Å². The maximum atomic E-state index is 2.47. The van der Waals surface area contributed by atoms with E-state index in [9.17, 15) is 0 Å². The van der Waals surface area contributed by atoms with E-state index in [0.29, 0.717) is 0 Å². The maximum absolute atomic E-state index is 2.47. The lowest BCUT2D eigenvalue weighted by atomic mass is 9.91. The van der Waals surface area contributed by atoms with Crippen molar-refractivity contribution in [3.05, 3.63) is 224 Å². The fourth-order valence-electron chi connectivity index (χ4n) is 8.11. The highest BCUT2D eigenvalue weighted by Crippen LogP contribution is 2.48. The van der Waals surface area contributed by atoms with Gasteiger partial charge >= 0.3 is 0 Å². The Morgan fingerprint density at radius 1 is 0.286 bits per heavy atom. The van der Waals surface area contributed by atoms with Crippen molar-refractivity contribution in [2.75, 3.05) is 4.90 Å². The van der Waals surface area contributed by atoms with Gasteiger partial charge in [-0.1, -0.05) is 182 Å². The molecule has 0 aliphatic carbocycles. The van der Waals surface area contributed by atoms with Crippen LogP contribution in [0.5, 0.6) is 0 Å². The summed E-state index contributed by atoms with van der Waals surface area (Å²) in [4.78, 5) is 2.47. The number of hydrogen-bond acceptors (Lipinski definition) is 2. The topological polar surface area (TPSA) is 3.24 Å². The number of thiophene rings is 1. The second-order valence-electron chi connectivity index (χ2n) is 14.1. The highest BCUT2D eigenvalue weighted by Gasteiger charge is 2.22. The second kappa shape index (κ2) is 14.7. The molecule has 0 atom stereocenters. The van der Waals surface area contributed by atoms with Crippen molar-refractivity contribution >= 4 is 48.6 Å². The summed E-state index contributed by atoms with van der Waals surface area (Å²) in [6.07, 6.45) is 0. The van der Waals surface area contributed by atoms with Gasteiger partial charge in [0, 0.05) is 31.4 Å². The fraction of sp³-hybridized carbons (Fsp3) is 0. The minimum Gasteiger partial charge on any atom is -0.309 e. The molecule has 0 aliphatic heterocycles. The summed E-state index contributed by atoms with van der Waals surface area (Å²) in [5.41, 5.74) is 15.4. The molecule has 0 saturated heterocycles. The lowest BCUT2D eigenvalue weighted by Crippen LogP contribution is -2.11. The van der Waals surface area contributed by atoms with Gasteiger partial charge in [-0.25, -0.2) is 0 Å². The highest BCUT2D eigenvalue weighted by molar-refractivity contribution is 7.26. The summed E-state index contributed by atoms with van der Waals surface area (Å²) >= 11 is 1.86. The number of anilines is 3. The van der Waals surface area contributed by atoms with Crippen LogP contribution in [0, 0.1) is 0 Å². The van der Waals surface area contributed by atoms with Crippen LogP contribution in [0.3, 0.4) is 0 Å². The lowest BCUT2D eigenvalue weighted by Gasteiger charge is -2.29.